The number of nitrogens with zero attached hydrogens (tertiary/aromatic N) is 4. The molecule has 0 N–H and O–H groups in total. The summed E-state index contributed by atoms with van der Waals surface area (Å²) >= 11 is 0. The lowest BCUT2D eigenvalue weighted by Gasteiger charge is -2.28. The number of likely N-dealkylation sites (tertiary alicyclic amines) is 1. The Morgan fingerprint density at radius 1 is 1.27 bits per heavy atom. The van der Waals surface area contributed by atoms with E-state index in [4.69, 9.17) is 0 Å². The average Bonchev–Trinajstić information content (AvgIpc) is 3.35. The molecule has 2 aliphatic rings. The largest absolute Gasteiger partial charge is 0.341 e. The van der Waals surface area contributed by atoms with Gasteiger partial charge in [0.25, 0.3) is 0 Å². The van der Waals surface area contributed by atoms with E-state index >= 15 is 0 Å². The molecule has 1 aliphatic carbocycles. The highest BCUT2D eigenvalue weighted by Crippen LogP contribution is 2.29. The van der Waals surface area contributed by atoms with Crippen molar-refractivity contribution < 1.29 is 9.59 Å². The second-order valence-electron chi connectivity index (χ2n) is 7.85. The molecule has 6 heteroatoms. The summed E-state index contributed by atoms with van der Waals surface area (Å²) in [5.41, 5.74) is 0. The Morgan fingerprint density at radius 2 is 2.04 bits per heavy atom. The molecular weight excluding hydrogens is 328 g/mol. The summed E-state index contributed by atoms with van der Waals surface area (Å²) in [6, 6.07) is 0.145. The fourth-order valence-electron chi connectivity index (χ4n) is 4.46. The second kappa shape index (κ2) is 8.69. The van der Waals surface area contributed by atoms with Crippen molar-refractivity contribution >= 4 is 11.8 Å². The van der Waals surface area contributed by atoms with Gasteiger partial charge in [-0.3, -0.25) is 9.59 Å². The maximum absolute atomic E-state index is 12.5. The predicted octanol–water partition coefficient (Wildman–Crippen LogP) is 2.61. The molecule has 0 bridgehead atoms. The van der Waals surface area contributed by atoms with Crippen molar-refractivity contribution in [3.8, 4) is 0 Å². The van der Waals surface area contributed by atoms with Crippen molar-refractivity contribution in [3.63, 3.8) is 0 Å². The van der Waals surface area contributed by atoms with Crippen LogP contribution in [0.3, 0.4) is 0 Å². The molecule has 1 atom stereocenters. The van der Waals surface area contributed by atoms with Gasteiger partial charge >= 0.3 is 0 Å². The van der Waals surface area contributed by atoms with E-state index in [-0.39, 0.29) is 17.9 Å². The van der Waals surface area contributed by atoms with Crippen molar-refractivity contribution in [1.82, 2.24) is 19.4 Å². The maximum atomic E-state index is 12.5. The van der Waals surface area contributed by atoms with Gasteiger partial charge in [0.1, 0.15) is 5.82 Å². The Kier molecular flexibility index (Phi) is 6.33. The topological polar surface area (TPSA) is 58.4 Å². The van der Waals surface area contributed by atoms with Gasteiger partial charge in [0.15, 0.2) is 0 Å². The van der Waals surface area contributed by atoms with Crippen molar-refractivity contribution in [2.45, 2.75) is 71.4 Å². The van der Waals surface area contributed by atoms with E-state index in [0.29, 0.717) is 19.5 Å². The van der Waals surface area contributed by atoms with Crippen LogP contribution in [0, 0.1) is 12.8 Å². The molecule has 26 heavy (non-hydrogen) atoms. The summed E-state index contributed by atoms with van der Waals surface area (Å²) in [6.45, 7) is 6.48. The summed E-state index contributed by atoms with van der Waals surface area (Å²) in [5.74, 6) is 2.08. The van der Waals surface area contributed by atoms with E-state index in [9.17, 15) is 9.59 Å². The van der Waals surface area contributed by atoms with Crippen molar-refractivity contribution in [2.24, 2.45) is 5.92 Å². The Hall–Kier alpha value is -1.85. The smallest absolute Gasteiger partial charge is 0.222 e. The quantitative estimate of drug-likeness (QED) is 0.751. The summed E-state index contributed by atoms with van der Waals surface area (Å²) in [5, 5.41) is 0. The van der Waals surface area contributed by atoms with E-state index in [1.165, 1.54) is 25.7 Å². The molecule has 1 unspecified atom stereocenters. The zero-order chi connectivity index (χ0) is 18.5. The van der Waals surface area contributed by atoms with Gasteiger partial charge in [0.05, 0.1) is 6.04 Å². The minimum absolute atomic E-state index is 0.0908. The highest BCUT2D eigenvalue weighted by molar-refractivity contribution is 5.77. The lowest BCUT2D eigenvalue weighted by atomic mass is 10.0. The summed E-state index contributed by atoms with van der Waals surface area (Å²) in [4.78, 5) is 32.8. The number of imidazole rings is 1. The molecule has 1 aliphatic heterocycles. The molecule has 1 saturated carbocycles. The van der Waals surface area contributed by atoms with E-state index in [2.05, 4.69) is 9.55 Å². The number of amides is 2. The number of carbonyl (C=O) groups is 2. The van der Waals surface area contributed by atoms with Crippen molar-refractivity contribution in [2.75, 3.05) is 19.6 Å². The molecule has 1 aromatic rings. The van der Waals surface area contributed by atoms with Crippen LogP contribution in [0.15, 0.2) is 12.4 Å². The first-order chi connectivity index (χ1) is 12.5. The number of hydrogen-bond acceptors (Lipinski definition) is 3. The van der Waals surface area contributed by atoms with Crippen LogP contribution in [0.2, 0.25) is 0 Å². The Labute approximate surface area is 156 Å². The molecule has 144 valence electrons. The van der Waals surface area contributed by atoms with Crippen LogP contribution in [0.25, 0.3) is 0 Å². The zero-order valence-corrected chi connectivity index (χ0v) is 16.2. The normalized spacial score (nSPS) is 20.7. The highest BCUT2D eigenvalue weighted by Gasteiger charge is 2.31. The van der Waals surface area contributed by atoms with E-state index in [1.807, 2.05) is 22.9 Å². The number of hydrogen-bond donors (Lipinski definition) is 0. The van der Waals surface area contributed by atoms with Crippen LogP contribution in [0.1, 0.15) is 57.7 Å². The van der Waals surface area contributed by atoms with Gasteiger partial charge in [-0.25, -0.2) is 4.98 Å². The number of aromatic nitrogens is 2. The predicted molar refractivity (Wildman–Crippen MR) is 101 cm³/mol. The SMILES string of the molecule is CC(=O)N(CCn1ccnc1C)C1CCN(C(=O)CCC2CCCC2)C1. The van der Waals surface area contributed by atoms with Gasteiger partial charge in [-0.2, -0.15) is 0 Å². The zero-order valence-electron chi connectivity index (χ0n) is 16.2. The molecule has 0 radical (unpaired) electrons. The van der Waals surface area contributed by atoms with Crippen molar-refractivity contribution in [3.05, 3.63) is 18.2 Å². The van der Waals surface area contributed by atoms with Gasteiger partial charge in [-0.1, -0.05) is 25.7 Å². The van der Waals surface area contributed by atoms with Gasteiger partial charge < -0.3 is 14.4 Å². The number of carbonyl (C=O) groups excluding carboxylic acids is 2. The van der Waals surface area contributed by atoms with Gasteiger partial charge in [-0.05, 0) is 25.7 Å². The van der Waals surface area contributed by atoms with Gasteiger partial charge in [-0.15, -0.1) is 0 Å². The molecule has 0 aromatic carbocycles. The number of aryl methyl sites for hydroxylation is 1. The third-order valence-corrected chi connectivity index (χ3v) is 6.11. The Morgan fingerprint density at radius 3 is 2.69 bits per heavy atom. The third kappa shape index (κ3) is 4.65. The van der Waals surface area contributed by atoms with E-state index in [0.717, 1.165) is 37.7 Å². The molecule has 2 fully saturated rings. The fourth-order valence-corrected chi connectivity index (χ4v) is 4.46. The molecule has 6 nitrogen and oxygen atoms in total. The Bertz CT molecular complexity index is 621. The summed E-state index contributed by atoms with van der Waals surface area (Å²) in [7, 11) is 0. The van der Waals surface area contributed by atoms with Crippen LogP contribution in [-0.2, 0) is 16.1 Å². The van der Waals surface area contributed by atoms with Crippen LogP contribution in [-0.4, -0.2) is 56.8 Å². The van der Waals surface area contributed by atoms with Crippen LogP contribution < -0.4 is 0 Å². The maximum Gasteiger partial charge on any atom is 0.222 e. The molecule has 2 amide bonds. The molecule has 3 rings (SSSR count). The molecule has 2 heterocycles. The standard InChI is InChI=1S/C20H32N4O2/c1-16-21-10-12-22(16)13-14-24(17(2)25)19-9-11-23(15-19)20(26)8-7-18-5-3-4-6-18/h10,12,18-19H,3-9,11,13-15H2,1-2H3. The minimum Gasteiger partial charge on any atom is -0.341 e. The summed E-state index contributed by atoms with van der Waals surface area (Å²) in [6.07, 6.45) is 11.6. The van der Waals surface area contributed by atoms with Crippen LogP contribution in [0.5, 0.6) is 0 Å². The van der Waals surface area contributed by atoms with Crippen LogP contribution >= 0.6 is 0 Å². The third-order valence-electron chi connectivity index (χ3n) is 6.11. The first-order valence-electron chi connectivity index (χ1n) is 10.1. The lowest BCUT2D eigenvalue weighted by molar-refractivity contribution is -0.133. The summed E-state index contributed by atoms with van der Waals surface area (Å²) < 4.78 is 2.06. The van der Waals surface area contributed by atoms with Crippen molar-refractivity contribution in [1.29, 1.82) is 0 Å². The van der Waals surface area contributed by atoms with Gasteiger partial charge in [0.2, 0.25) is 11.8 Å². The van der Waals surface area contributed by atoms with E-state index < -0.39 is 0 Å². The van der Waals surface area contributed by atoms with Crippen LogP contribution in [0.4, 0.5) is 0 Å². The molecule has 1 saturated heterocycles. The van der Waals surface area contributed by atoms with E-state index in [1.54, 1.807) is 13.1 Å². The molecule has 0 spiro atoms. The molecular formula is C20H32N4O2. The second-order valence-corrected chi connectivity index (χ2v) is 7.85. The highest BCUT2D eigenvalue weighted by atomic mass is 16.2. The monoisotopic (exact) mass is 360 g/mol. The first kappa shape index (κ1) is 18.9. The number of rotatable bonds is 7. The first-order valence-corrected chi connectivity index (χ1v) is 10.1. The Balaban J connectivity index is 1.48. The molecule has 1 aromatic heterocycles. The van der Waals surface area contributed by atoms with Gasteiger partial charge in [0, 0.05) is 51.9 Å². The average molecular weight is 361 g/mol. The fraction of sp³-hybridized carbons (Fsp3) is 0.750. The minimum atomic E-state index is 0.0908. The lowest BCUT2D eigenvalue weighted by Crippen LogP contribution is -2.43.